The summed E-state index contributed by atoms with van der Waals surface area (Å²) in [5.74, 6) is 0. The van der Waals surface area contributed by atoms with Gasteiger partial charge in [0.1, 0.15) is 0 Å². The number of hydrogen-bond donors (Lipinski definition) is 0. The SMILES string of the molecule is Cc1cn2nc(N3CCC[C@@H]3c3c(C)nn(C)c3C)sc2n1. The van der Waals surface area contributed by atoms with E-state index in [0.29, 0.717) is 6.04 Å². The van der Waals surface area contributed by atoms with Crippen LogP contribution < -0.4 is 4.90 Å². The lowest BCUT2D eigenvalue weighted by atomic mass is 10.0. The van der Waals surface area contributed by atoms with Crippen molar-refractivity contribution >= 4 is 21.4 Å². The van der Waals surface area contributed by atoms with Gasteiger partial charge in [0.25, 0.3) is 0 Å². The maximum atomic E-state index is 4.73. The number of hydrogen-bond acceptors (Lipinski definition) is 5. The van der Waals surface area contributed by atoms with Gasteiger partial charge in [-0.2, -0.15) is 5.10 Å². The van der Waals surface area contributed by atoms with Crippen molar-refractivity contribution in [2.75, 3.05) is 11.4 Å². The minimum atomic E-state index is 0.380. The van der Waals surface area contributed by atoms with Gasteiger partial charge < -0.3 is 4.90 Å². The first-order chi connectivity index (χ1) is 10.5. The van der Waals surface area contributed by atoms with E-state index in [2.05, 4.69) is 28.8 Å². The van der Waals surface area contributed by atoms with Crippen molar-refractivity contribution in [3.8, 4) is 0 Å². The van der Waals surface area contributed by atoms with E-state index >= 15 is 0 Å². The molecule has 0 aliphatic carbocycles. The minimum Gasteiger partial charge on any atom is -0.339 e. The second kappa shape index (κ2) is 4.81. The van der Waals surface area contributed by atoms with Crippen LogP contribution in [-0.4, -0.2) is 30.9 Å². The summed E-state index contributed by atoms with van der Waals surface area (Å²) >= 11 is 1.67. The van der Waals surface area contributed by atoms with E-state index in [0.717, 1.165) is 34.4 Å². The quantitative estimate of drug-likeness (QED) is 0.729. The summed E-state index contributed by atoms with van der Waals surface area (Å²) in [6.45, 7) is 7.32. The zero-order valence-corrected chi connectivity index (χ0v) is 14.2. The number of fused-ring (bicyclic) bond motifs is 1. The van der Waals surface area contributed by atoms with Gasteiger partial charge in [-0.15, -0.1) is 5.10 Å². The molecule has 0 N–H and O–H groups in total. The van der Waals surface area contributed by atoms with Crippen LogP contribution in [0.2, 0.25) is 0 Å². The zero-order valence-electron chi connectivity index (χ0n) is 13.4. The second-order valence-electron chi connectivity index (χ2n) is 6.05. The lowest BCUT2D eigenvalue weighted by molar-refractivity contribution is 0.693. The smallest absolute Gasteiger partial charge is 0.214 e. The zero-order chi connectivity index (χ0) is 15.4. The Bertz CT molecular complexity index is 810. The molecule has 0 bridgehead atoms. The predicted octanol–water partition coefficient (Wildman–Crippen LogP) is 2.79. The average molecular weight is 316 g/mol. The Labute approximate surface area is 133 Å². The van der Waals surface area contributed by atoms with Gasteiger partial charge in [-0.05, 0) is 33.6 Å². The number of imidazole rings is 1. The van der Waals surface area contributed by atoms with Crippen LogP contribution in [0.5, 0.6) is 0 Å². The molecule has 7 heteroatoms. The summed E-state index contributed by atoms with van der Waals surface area (Å²) < 4.78 is 3.88. The Hall–Kier alpha value is -1.89. The van der Waals surface area contributed by atoms with E-state index < -0.39 is 0 Å². The van der Waals surface area contributed by atoms with Crippen LogP contribution in [0.15, 0.2) is 6.20 Å². The molecular weight excluding hydrogens is 296 g/mol. The molecule has 1 aliphatic heterocycles. The van der Waals surface area contributed by atoms with Gasteiger partial charge in [0.05, 0.1) is 23.6 Å². The third-order valence-electron chi connectivity index (χ3n) is 4.55. The molecule has 3 aromatic heterocycles. The molecule has 1 aliphatic rings. The molecule has 116 valence electrons. The van der Waals surface area contributed by atoms with Crippen LogP contribution in [-0.2, 0) is 7.05 Å². The molecular formula is C15H20N6S. The first kappa shape index (κ1) is 13.8. The molecule has 6 nitrogen and oxygen atoms in total. The Morgan fingerprint density at radius 1 is 1.23 bits per heavy atom. The highest BCUT2D eigenvalue weighted by molar-refractivity contribution is 7.20. The van der Waals surface area contributed by atoms with E-state index in [1.165, 1.54) is 17.7 Å². The van der Waals surface area contributed by atoms with Crippen LogP contribution in [0.3, 0.4) is 0 Å². The summed E-state index contributed by atoms with van der Waals surface area (Å²) in [7, 11) is 2.02. The third kappa shape index (κ3) is 1.95. The summed E-state index contributed by atoms with van der Waals surface area (Å²) in [6, 6.07) is 0.380. The van der Waals surface area contributed by atoms with Gasteiger partial charge in [-0.3, -0.25) is 4.68 Å². The topological polar surface area (TPSA) is 51.2 Å². The van der Waals surface area contributed by atoms with Crippen molar-refractivity contribution in [2.24, 2.45) is 7.05 Å². The van der Waals surface area contributed by atoms with Gasteiger partial charge in [0.15, 0.2) is 0 Å². The highest BCUT2D eigenvalue weighted by Crippen LogP contribution is 2.40. The number of aryl methyl sites for hydroxylation is 3. The van der Waals surface area contributed by atoms with Crippen LogP contribution in [0.25, 0.3) is 4.96 Å². The van der Waals surface area contributed by atoms with Crippen molar-refractivity contribution in [2.45, 2.75) is 39.7 Å². The second-order valence-corrected chi connectivity index (χ2v) is 6.99. The fourth-order valence-corrected chi connectivity index (χ4v) is 4.49. The Kier molecular flexibility index (Phi) is 3.00. The van der Waals surface area contributed by atoms with E-state index in [1.807, 2.05) is 29.4 Å². The number of rotatable bonds is 2. The summed E-state index contributed by atoms with van der Waals surface area (Å²) in [4.78, 5) is 7.91. The average Bonchev–Trinajstić information content (AvgIpc) is 3.15. The largest absolute Gasteiger partial charge is 0.339 e. The van der Waals surface area contributed by atoms with Crippen molar-refractivity contribution in [3.63, 3.8) is 0 Å². The minimum absolute atomic E-state index is 0.380. The molecule has 22 heavy (non-hydrogen) atoms. The Morgan fingerprint density at radius 3 is 2.73 bits per heavy atom. The van der Waals surface area contributed by atoms with E-state index in [9.17, 15) is 0 Å². The lowest BCUT2D eigenvalue weighted by Crippen LogP contribution is -2.23. The lowest BCUT2D eigenvalue weighted by Gasteiger charge is -2.24. The Morgan fingerprint density at radius 2 is 2.05 bits per heavy atom. The fraction of sp³-hybridized carbons (Fsp3) is 0.533. The van der Waals surface area contributed by atoms with Crippen molar-refractivity contribution in [1.82, 2.24) is 24.4 Å². The molecule has 0 unspecified atom stereocenters. The van der Waals surface area contributed by atoms with E-state index in [1.54, 1.807) is 11.3 Å². The van der Waals surface area contributed by atoms with E-state index in [4.69, 9.17) is 5.10 Å². The van der Waals surface area contributed by atoms with E-state index in [-0.39, 0.29) is 0 Å². The molecule has 1 saturated heterocycles. The molecule has 0 amide bonds. The molecule has 0 saturated carbocycles. The normalized spacial score (nSPS) is 18.7. The molecule has 1 atom stereocenters. The van der Waals surface area contributed by atoms with Crippen LogP contribution in [0, 0.1) is 20.8 Å². The van der Waals surface area contributed by atoms with Gasteiger partial charge in [-0.25, -0.2) is 9.50 Å². The molecule has 1 fully saturated rings. The van der Waals surface area contributed by atoms with Gasteiger partial charge >= 0.3 is 0 Å². The maximum absolute atomic E-state index is 4.73. The van der Waals surface area contributed by atoms with Gasteiger partial charge in [-0.1, -0.05) is 11.3 Å². The molecule has 0 spiro atoms. The summed E-state index contributed by atoms with van der Waals surface area (Å²) in [6.07, 6.45) is 4.34. The monoisotopic (exact) mass is 316 g/mol. The molecule has 4 heterocycles. The molecule has 3 aromatic rings. The third-order valence-corrected chi connectivity index (χ3v) is 5.51. The molecule has 0 radical (unpaired) electrons. The molecule has 4 rings (SSSR count). The predicted molar refractivity (Wildman–Crippen MR) is 87.6 cm³/mol. The van der Waals surface area contributed by atoms with Gasteiger partial charge in [0, 0.05) is 24.8 Å². The van der Waals surface area contributed by atoms with Crippen LogP contribution in [0.1, 0.15) is 41.5 Å². The van der Waals surface area contributed by atoms with Crippen molar-refractivity contribution < 1.29 is 0 Å². The summed E-state index contributed by atoms with van der Waals surface area (Å²) in [5, 5.41) is 10.4. The van der Waals surface area contributed by atoms with Crippen LogP contribution >= 0.6 is 11.3 Å². The maximum Gasteiger partial charge on any atom is 0.214 e. The number of anilines is 1. The number of nitrogens with zero attached hydrogens (tertiary/aromatic N) is 6. The highest BCUT2D eigenvalue weighted by atomic mass is 32.1. The first-order valence-corrected chi connectivity index (χ1v) is 8.46. The highest BCUT2D eigenvalue weighted by Gasteiger charge is 2.32. The summed E-state index contributed by atoms with van der Waals surface area (Å²) in [5.41, 5.74) is 4.77. The van der Waals surface area contributed by atoms with Crippen molar-refractivity contribution in [3.05, 3.63) is 28.8 Å². The van der Waals surface area contributed by atoms with Crippen LogP contribution in [0.4, 0.5) is 5.13 Å². The Balaban J connectivity index is 1.75. The van der Waals surface area contributed by atoms with Crippen molar-refractivity contribution in [1.29, 1.82) is 0 Å². The van der Waals surface area contributed by atoms with Gasteiger partial charge in [0.2, 0.25) is 10.1 Å². The fourth-order valence-electron chi connectivity index (χ4n) is 3.48. The first-order valence-electron chi connectivity index (χ1n) is 7.64. The standard InChI is InChI=1S/C15H20N6S/c1-9-8-21-14(16-9)22-15(18-21)20-7-5-6-12(20)13-10(2)17-19(4)11(13)3/h8,12H,5-7H2,1-4H3/t12-/m1/s1. The number of aromatic nitrogens is 5. The molecule has 0 aromatic carbocycles.